The second kappa shape index (κ2) is 7.69. The maximum absolute atomic E-state index is 8.21. The van der Waals surface area contributed by atoms with Gasteiger partial charge < -0.3 is 0 Å². The Morgan fingerprint density at radius 2 is 1.70 bits per heavy atom. The van der Waals surface area contributed by atoms with Crippen LogP contribution in [0.5, 0.6) is 0 Å². The van der Waals surface area contributed by atoms with Gasteiger partial charge in [0, 0.05) is 21.3 Å². The van der Waals surface area contributed by atoms with Crippen molar-refractivity contribution in [3.63, 3.8) is 0 Å². The van der Waals surface area contributed by atoms with Crippen molar-refractivity contribution < 1.29 is 8.68 Å². The molecule has 1 heteroatoms. The summed E-state index contributed by atoms with van der Waals surface area (Å²) in [5, 5.41) is 0. The zero-order chi connectivity index (χ0) is 23.2. The van der Waals surface area contributed by atoms with Crippen LogP contribution in [-0.4, -0.2) is 0 Å². The largest absolute Gasteiger partial charge is 0.213 e. The highest BCUT2D eigenvalue weighted by atomic mass is 14.9. The molecule has 0 unspecified atom stereocenters. The summed E-state index contributed by atoms with van der Waals surface area (Å²) in [5.41, 5.74) is 9.02. The molecule has 2 aliphatic rings. The lowest BCUT2D eigenvalue weighted by molar-refractivity contribution is -0.660. The molecule has 2 aromatic carbocycles. The number of aromatic nitrogens is 1. The van der Waals surface area contributed by atoms with Crippen molar-refractivity contribution in [3.05, 3.63) is 77.0 Å². The molecule has 1 spiro atoms. The van der Waals surface area contributed by atoms with Crippen molar-refractivity contribution in [1.29, 1.82) is 0 Å². The van der Waals surface area contributed by atoms with E-state index in [9.17, 15) is 0 Å². The summed E-state index contributed by atoms with van der Waals surface area (Å²) in [7, 11) is 1.94. The number of hydrogen-bond donors (Lipinski definition) is 0. The normalized spacial score (nSPS) is 19.6. The van der Waals surface area contributed by atoms with E-state index in [0.717, 1.165) is 28.8 Å². The second-order valence-corrected chi connectivity index (χ2v) is 9.63. The van der Waals surface area contributed by atoms with E-state index in [1.54, 1.807) is 6.20 Å². The minimum absolute atomic E-state index is 0.418. The fourth-order valence-electron chi connectivity index (χ4n) is 5.84. The Balaban J connectivity index is 1.60. The molecule has 1 aromatic heterocycles. The van der Waals surface area contributed by atoms with Crippen LogP contribution >= 0.6 is 0 Å². The van der Waals surface area contributed by atoms with Crippen molar-refractivity contribution in [1.82, 2.24) is 0 Å². The highest BCUT2D eigenvalue weighted by molar-refractivity contribution is 5.73. The average molecular weight is 400 g/mol. The highest BCUT2D eigenvalue weighted by Crippen LogP contribution is 2.46. The predicted octanol–water partition coefficient (Wildman–Crippen LogP) is 6.90. The molecule has 2 aliphatic carbocycles. The first-order valence-corrected chi connectivity index (χ1v) is 11.5. The molecule has 30 heavy (non-hydrogen) atoms. The number of aryl methyl sites for hydroxylation is 4. The fourth-order valence-corrected chi connectivity index (χ4v) is 5.84. The van der Waals surface area contributed by atoms with Gasteiger partial charge in [-0.1, -0.05) is 55.7 Å². The molecule has 0 N–H and O–H groups in total. The molecule has 1 heterocycles. The van der Waals surface area contributed by atoms with Crippen molar-refractivity contribution in [2.24, 2.45) is 12.5 Å². The van der Waals surface area contributed by atoms with Crippen molar-refractivity contribution in [2.45, 2.75) is 65.1 Å². The van der Waals surface area contributed by atoms with Crippen molar-refractivity contribution >= 4 is 0 Å². The van der Waals surface area contributed by atoms with Gasteiger partial charge >= 0.3 is 0 Å². The van der Waals surface area contributed by atoms with Gasteiger partial charge in [-0.2, -0.15) is 0 Å². The van der Waals surface area contributed by atoms with E-state index >= 15 is 0 Å². The summed E-state index contributed by atoms with van der Waals surface area (Å²) in [6.45, 7) is -0.0634. The topological polar surface area (TPSA) is 3.88 Å². The molecule has 5 rings (SSSR count). The summed E-state index contributed by atoms with van der Waals surface area (Å²) in [6, 6.07) is 17.1. The first-order chi connectivity index (χ1) is 15.8. The third-order valence-electron chi connectivity index (χ3n) is 7.62. The van der Waals surface area contributed by atoms with E-state index in [-0.39, 0.29) is 0 Å². The number of hydrogen-bond acceptors (Lipinski definition) is 0. The molecule has 1 saturated carbocycles. The summed E-state index contributed by atoms with van der Waals surface area (Å²) in [4.78, 5) is 0. The first-order valence-electron chi connectivity index (χ1n) is 13.0. The van der Waals surface area contributed by atoms with E-state index in [0.29, 0.717) is 11.0 Å². The molecule has 0 atom stereocenters. The van der Waals surface area contributed by atoms with Crippen molar-refractivity contribution in [2.75, 3.05) is 0 Å². The van der Waals surface area contributed by atoms with Gasteiger partial charge in [-0.15, -0.1) is 0 Å². The molecule has 0 amide bonds. The summed E-state index contributed by atoms with van der Waals surface area (Å²) in [5.74, 6) is 0. The molecule has 154 valence electrons. The molecule has 0 bridgehead atoms. The predicted molar refractivity (Wildman–Crippen MR) is 126 cm³/mol. The third kappa shape index (κ3) is 3.49. The van der Waals surface area contributed by atoms with Gasteiger partial charge in [-0.25, -0.2) is 4.57 Å². The monoisotopic (exact) mass is 399 g/mol. The first kappa shape index (κ1) is 16.3. The lowest BCUT2D eigenvalue weighted by atomic mass is 9.64. The average Bonchev–Trinajstić information content (AvgIpc) is 2.79. The number of benzene rings is 2. The van der Waals surface area contributed by atoms with Crippen LogP contribution in [0.3, 0.4) is 0 Å². The van der Waals surface area contributed by atoms with Gasteiger partial charge in [0.05, 0.1) is 0 Å². The van der Waals surface area contributed by atoms with E-state index in [4.69, 9.17) is 4.11 Å². The molecule has 0 radical (unpaired) electrons. The Labute approximate surface area is 186 Å². The van der Waals surface area contributed by atoms with Crippen LogP contribution in [0.2, 0.25) is 0 Å². The Morgan fingerprint density at radius 3 is 2.50 bits per heavy atom. The summed E-state index contributed by atoms with van der Waals surface area (Å²) < 4.78 is 26.6. The zero-order valence-corrected chi connectivity index (χ0v) is 18.3. The van der Waals surface area contributed by atoms with Crippen LogP contribution in [0.25, 0.3) is 22.4 Å². The quantitative estimate of drug-likeness (QED) is 0.413. The van der Waals surface area contributed by atoms with Gasteiger partial charge in [0.25, 0.3) is 0 Å². The smallest absolute Gasteiger partial charge is 0.201 e. The van der Waals surface area contributed by atoms with Crippen molar-refractivity contribution in [3.8, 4) is 22.4 Å². The van der Waals surface area contributed by atoms with Gasteiger partial charge in [0.15, 0.2) is 6.20 Å². The fraction of sp³-hybridized carbons (Fsp3) is 0.414. The Kier molecular flexibility index (Phi) is 4.18. The molecule has 0 saturated heterocycles. The van der Waals surface area contributed by atoms with Gasteiger partial charge in [-0.05, 0) is 85.2 Å². The van der Waals surface area contributed by atoms with Crippen LogP contribution < -0.4 is 4.57 Å². The lowest BCUT2D eigenvalue weighted by Gasteiger charge is -2.41. The second-order valence-electron chi connectivity index (χ2n) is 9.63. The van der Waals surface area contributed by atoms with Gasteiger partial charge in [-0.3, -0.25) is 0 Å². The Hall–Kier alpha value is -2.41. The highest BCUT2D eigenvalue weighted by Gasteiger charge is 2.35. The standard InChI is InChI=1S/C29H34N/c1-21-9-5-6-10-26(21)28-18-27(22(2)20-30(28)3)24-11-12-25-19-29(14-7-4-8-15-29)16-13-23(25)17-24/h5-6,9-12,17-18,20H,4,7-8,13-16,19H2,1-3H3/q+1/i2D3. The van der Waals surface area contributed by atoms with Crippen LogP contribution in [0, 0.1) is 19.2 Å². The van der Waals surface area contributed by atoms with Crippen LogP contribution in [0.15, 0.2) is 54.7 Å². The molecular formula is C29H34N+. The van der Waals surface area contributed by atoms with E-state index in [1.165, 1.54) is 61.6 Å². The molecule has 1 fully saturated rings. The maximum atomic E-state index is 8.21. The van der Waals surface area contributed by atoms with E-state index in [1.807, 2.05) is 23.7 Å². The number of rotatable bonds is 2. The molecule has 0 aliphatic heterocycles. The summed E-state index contributed by atoms with van der Waals surface area (Å²) >= 11 is 0. The SMILES string of the molecule is [2H]C([2H])([2H])c1c[n+](C)c(-c2ccccc2C)cc1-c1ccc2c(c1)CCC1(CCCCC1)C2. The van der Waals surface area contributed by atoms with E-state index in [2.05, 4.69) is 43.3 Å². The zero-order valence-electron chi connectivity index (χ0n) is 21.3. The third-order valence-corrected chi connectivity index (χ3v) is 7.62. The number of fused-ring (bicyclic) bond motifs is 1. The number of pyridine rings is 1. The molecule has 3 aromatic rings. The lowest BCUT2D eigenvalue weighted by Crippen LogP contribution is -2.31. The maximum Gasteiger partial charge on any atom is 0.213 e. The number of nitrogens with zero attached hydrogens (tertiary/aromatic N) is 1. The molecular weight excluding hydrogens is 362 g/mol. The summed E-state index contributed by atoms with van der Waals surface area (Å²) in [6.07, 6.45) is 12.2. The molecule has 1 nitrogen and oxygen atoms in total. The van der Waals surface area contributed by atoms with Gasteiger partial charge in [0.1, 0.15) is 7.05 Å². The minimum Gasteiger partial charge on any atom is -0.201 e. The Morgan fingerprint density at radius 1 is 0.867 bits per heavy atom. The van der Waals surface area contributed by atoms with Gasteiger partial charge in [0.2, 0.25) is 5.69 Å². The van der Waals surface area contributed by atoms with E-state index < -0.39 is 6.85 Å². The van der Waals surface area contributed by atoms with Crippen LogP contribution in [-0.2, 0) is 19.9 Å². The van der Waals surface area contributed by atoms with Crippen LogP contribution in [0.1, 0.15) is 64.9 Å². The Bertz CT molecular complexity index is 1190. The van der Waals surface area contributed by atoms with Crippen LogP contribution in [0.4, 0.5) is 0 Å². The minimum atomic E-state index is -2.17.